The van der Waals surface area contributed by atoms with Crippen LogP contribution in [0.2, 0.25) is 0 Å². The lowest BCUT2D eigenvalue weighted by Gasteiger charge is -2.22. The number of anilines is 1. The number of hydrogen-bond donors (Lipinski definition) is 1. The Morgan fingerprint density at radius 2 is 2.29 bits per heavy atom. The Kier molecular flexibility index (Phi) is 3.04. The zero-order valence-corrected chi connectivity index (χ0v) is 8.41. The summed E-state index contributed by atoms with van der Waals surface area (Å²) in [4.78, 5) is 0. The van der Waals surface area contributed by atoms with Crippen molar-refractivity contribution in [2.24, 2.45) is 0 Å². The molecule has 1 aliphatic heterocycles. The molecule has 1 atom stereocenters. The van der Waals surface area contributed by atoms with Gasteiger partial charge >= 0.3 is 0 Å². The molecule has 76 valence electrons. The third-order valence-electron chi connectivity index (χ3n) is 2.69. The SMILES string of the molecule is Nc1cccc(CC2CCCCO2)c1. The van der Waals surface area contributed by atoms with Crippen LogP contribution in [-0.4, -0.2) is 12.7 Å². The summed E-state index contributed by atoms with van der Waals surface area (Å²) >= 11 is 0. The molecule has 1 aromatic rings. The summed E-state index contributed by atoms with van der Waals surface area (Å²) in [6, 6.07) is 8.09. The van der Waals surface area contributed by atoms with Crippen LogP contribution in [0.25, 0.3) is 0 Å². The van der Waals surface area contributed by atoms with Crippen molar-refractivity contribution < 1.29 is 4.74 Å². The quantitative estimate of drug-likeness (QED) is 0.728. The standard InChI is InChI=1S/C12H17NO/c13-11-5-3-4-10(8-11)9-12-6-1-2-7-14-12/h3-5,8,12H,1-2,6-7,9,13H2. The van der Waals surface area contributed by atoms with E-state index in [-0.39, 0.29) is 0 Å². The number of benzene rings is 1. The fourth-order valence-electron chi connectivity index (χ4n) is 1.95. The monoisotopic (exact) mass is 191 g/mol. The molecule has 0 radical (unpaired) electrons. The van der Waals surface area contributed by atoms with Crippen LogP contribution < -0.4 is 5.73 Å². The summed E-state index contributed by atoms with van der Waals surface area (Å²) in [5, 5.41) is 0. The lowest BCUT2D eigenvalue weighted by molar-refractivity contribution is 0.0168. The predicted octanol–water partition coefficient (Wildman–Crippen LogP) is 2.38. The van der Waals surface area contributed by atoms with Gasteiger partial charge in [0.25, 0.3) is 0 Å². The average molecular weight is 191 g/mol. The van der Waals surface area contributed by atoms with Crippen molar-refractivity contribution >= 4 is 5.69 Å². The second kappa shape index (κ2) is 4.47. The van der Waals surface area contributed by atoms with E-state index in [9.17, 15) is 0 Å². The minimum Gasteiger partial charge on any atom is -0.399 e. The first-order valence-corrected chi connectivity index (χ1v) is 5.30. The molecule has 14 heavy (non-hydrogen) atoms. The first kappa shape index (κ1) is 9.53. The lowest BCUT2D eigenvalue weighted by Crippen LogP contribution is -2.21. The summed E-state index contributed by atoms with van der Waals surface area (Å²) in [7, 11) is 0. The molecule has 2 heteroatoms. The van der Waals surface area contributed by atoms with E-state index in [1.807, 2.05) is 18.2 Å². The second-order valence-electron chi connectivity index (χ2n) is 3.94. The molecule has 1 aliphatic rings. The molecule has 1 unspecified atom stereocenters. The summed E-state index contributed by atoms with van der Waals surface area (Å²) < 4.78 is 5.68. The molecule has 0 saturated carbocycles. The first-order valence-electron chi connectivity index (χ1n) is 5.30. The van der Waals surface area contributed by atoms with E-state index in [2.05, 4.69) is 6.07 Å². The molecule has 0 bridgehead atoms. The maximum Gasteiger partial charge on any atom is 0.0615 e. The maximum atomic E-state index is 5.72. The molecule has 1 fully saturated rings. The molecule has 2 N–H and O–H groups in total. The Bertz CT molecular complexity index is 292. The number of nitrogens with two attached hydrogens (primary N) is 1. The predicted molar refractivity (Wildman–Crippen MR) is 58.1 cm³/mol. The van der Waals surface area contributed by atoms with Gasteiger partial charge in [-0.15, -0.1) is 0 Å². The molecule has 1 heterocycles. The van der Waals surface area contributed by atoms with Crippen LogP contribution in [0.4, 0.5) is 5.69 Å². The van der Waals surface area contributed by atoms with Crippen LogP contribution in [0.3, 0.4) is 0 Å². The highest BCUT2D eigenvalue weighted by atomic mass is 16.5. The Morgan fingerprint density at radius 3 is 3.00 bits per heavy atom. The molecular formula is C12H17NO. The molecule has 2 rings (SSSR count). The Balaban J connectivity index is 1.95. The van der Waals surface area contributed by atoms with Gasteiger partial charge in [-0.2, -0.15) is 0 Å². The number of rotatable bonds is 2. The average Bonchev–Trinajstić information content (AvgIpc) is 2.19. The van der Waals surface area contributed by atoms with Crippen LogP contribution in [0.5, 0.6) is 0 Å². The maximum absolute atomic E-state index is 5.72. The molecule has 0 spiro atoms. The third kappa shape index (κ3) is 2.48. The van der Waals surface area contributed by atoms with Gasteiger partial charge in [0.05, 0.1) is 6.10 Å². The molecule has 1 aromatic carbocycles. The van der Waals surface area contributed by atoms with E-state index in [0.29, 0.717) is 6.10 Å². The highest BCUT2D eigenvalue weighted by Gasteiger charge is 2.13. The van der Waals surface area contributed by atoms with Crippen molar-refractivity contribution in [3.63, 3.8) is 0 Å². The Labute approximate surface area is 85.1 Å². The summed E-state index contributed by atoms with van der Waals surface area (Å²) in [5.41, 5.74) is 7.86. The van der Waals surface area contributed by atoms with Crippen molar-refractivity contribution in [1.82, 2.24) is 0 Å². The summed E-state index contributed by atoms with van der Waals surface area (Å²) in [6.07, 6.45) is 5.12. The molecular weight excluding hydrogens is 174 g/mol. The molecule has 0 aliphatic carbocycles. The number of nitrogen functional groups attached to an aromatic ring is 1. The van der Waals surface area contributed by atoms with E-state index >= 15 is 0 Å². The minimum atomic E-state index is 0.408. The van der Waals surface area contributed by atoms with Gasteiger partial charge in [0, 0.05) is 12.3 Å². The fraction of sp³-hybridized carbons (Fsp3) is 0.500. The van der Waals surface area contributed by atoms with Gasteiger partial charge in [-0.1, -0.05) is 12.1 Å². The van der Waals surface area contributed by atoms with Crippen LogP contribution in [0, 0.1) is 0 Å². The van der Waals surface area contributed by atoms with Crippen LogP contribution in [-0.2, 0) is 11.2 Å². The van der Waals surface area contributed by atoms with Crippen molar-refractivity contribution in [2.75, 3.05) is 12.3 Å². The molecule has 1 saturated heterocycles. The second-order valence-corrected chi connectivity index (χ2v) is 3.94. The fourth-order valence-corrected chi connectivity index (χ4v) is 1.95. The number of hydrogen-bond acceptors (Lipinski definition) is 2. The van der Waals surface area contributed by atoms with E-state index in [0.717, 1.165) is 18.7 Å². The highest BCUT2D eigenvalue weighted by Crippen LogP contribution is 2.18. The van der Waals surface area contributed by atoms with Crippen LogP contribution >= 0.6 is 0 Å². The van der Waals surface area contributed by atoms with Crippen molar-refractivity contribution in [2.45, 2.75) is 31.8 Å². The number of ether oxygens (including phenoxy) is 1. The van der Waals surface area contributed by atoms with Gasteiger partial charge in [0.15, 0.2) is 0 Å². The van der Waals surface area contributed by atoms with Crippen molar-refractivity contribution in [3.05, 3.63) is 29.8 Å². The topological polar surface area (TPSA) is 35.2 Å². The minimum absolute atomic E-state index is 0.408. The first-order chi connectivity index (χ1) is 6.84. The molecule has 2 nitrogen and oxygen atoms in total. The Morgan fingerprint density at radius 1 is 1.36 bits per heavy atom. The van der Waals surface area contributed by atoms with E-state index in [1.54, 1.807) is 0 Å². The van der Waals surface area contributed by atoms with E-state index < -0.39 is 0 Å². The Hall–Kier alpha value is -1.02. The van der Waals surface area contributed by atoms with Gasteiger partial charge < -0.3 is 10.5 Å². The largest absolute Gasteiger partial charge is 0.399 e. The van der Waals surface area contributed by atoms with Gasteiger partial charge in [-0.3, -0.25) is 0 Å². The zero-order chi connectivity index (χ0) is 9.80. The highest BCUT2D eigenvalue weighted by molar-refractivity contribution is 5.40. The van der Waals surface area contributed by atoms with Gasteiger partial charge in [0.1, 0.15) is 0 Å². The van der Waals surface area contributed by atoms with Crippen molar-refractivity contribution in [3.8, 4) is 0 Å². The van der Waals surface area contributed by atoms with Gasteiger partial charge in [0.2, 0.25) is 0 Å². The third-order valence-corrected chi connectivity index (χ3v) is 2.69. The molecule has 0 amide bonds. The summed E-state index contributed by atoms with van der Waals surface area (Å²) in [6.45, 7) is 0.924. The summed E-state index contributed by atoms with van der Waals surface area (Å²) in [5.74, 6) is 0. The lowest BCUT2D eigenvalue weighted by atomic mass is 10.0. The van der Waals surface area contributed by atoms with E-state index in [4.69, 9.17) is 10.5 Å². The normalized spacial score (nSPS) is 22.1. The van der Waals surface area contributed by atoms with Crippen LogP contribution in [0.15, 0.2) is 24.3 Å². The molecule has 0 aromatic heterocycles. The van der Waals surface area contributed by atoms with E-state index in [1.165, 1.54) is 24.8 Å². The van der Waals surface area contributed by atoms with Crippen LogP contribution in [0.1, 0.15) is 24.8 Å². The van der Waals surface area contributed by atoms with Gasteiger partial charge in [-0.05, 0) is 43.4 Å². The van der Waals surface area contributed by atoms with Gasteiger partial charge in [-0.25, -0.2) is 0 Å². The van der Waals surface area contributed by atoms with Crippen molar-refractivity contribution in [1.29, 1.82) is 0 Å². The zero-order valence-electron chi connectivity index (χ0n) is 8.41. The smallest absolute Gasteiger partial charge is 0.0615 e.